The molecule has 3 heterocycles. The van der Waals surface area contributed by atoms with Crippen LogP contribution in [0.25, 0.3) is 11.5 Å². The quantitative estimate of drug-likeness (QED) is 0.695. The van der Waals surface area contributed by atoms with E-state index in [-0.39, 0.29) is 30.9 Å². The van der Waals surface area contributed by atoms with Crippen molar-refractivity contribution < 1.29 is 23.5 Å². The molecule has 2 aromatic rings. The molecule has 0 saturated carbocycles. The molecule has 1 aliphatic heterocycles. The van der Waals surface area contributed by atoms with Gasteiger partial charge in [0.1, 0.15) is 5.69 Å². The van der Waals surface area contributed by atoms with Gasteiger partial charge < -0.3 is 18.8 Å². The van der Waals surface area contributed by atoms with Crippen LogP contribution < -0.4 is 0 Å². The van der Waals surface area contributed by atoms with Crippen molar-refractivity contribution in [1.82, 2.24) is 9.88 Å². The van der Waals surface area contributed by atoms with Crippen molar-refractivity contribution in [3.63, 3.8) is 0 Å². The summed E-state index contributed by atoms with van der Waals surface area (Å²) in [5.74, 6) is 0.146. The number of carbonyl (C=O) groups is 2. The van der Waals surface area contributed by atoms with Gasteiger partial charge in [0.25, 0.3) is 5.91 Å². The zero-order valence-corrected chi connectivity index (χ0v) is 15.6. The number of furan rings is 1. The Balaban J connectivity index is 1.78. The summed E-state index contributed by atoms with van der Waals surface area (Å²) in [6.45, 7) is 3.24. The molecule has 1 amide bonds. The normalized spacial score (nSPS) is 16.3. The van der Waals surface area contributed by atoms with Crippen LogP contribution in [0, 0.1) is 6.92 Å². The van der Waals surface area contributed by atoms with Crippen molar-refractivity contribution in [2.75, 3.05) is 26.8 Å². The lowest BCUT2D eigenvalue weighted by Crippen LogP contribution is -2.39. The first kappa shape index (κ1) is 19.1. The summed E-state index contributed by atoms with van der Waals surface area (Å²) in [5.41, 5.74) is 1.80. The maximum atomic E-state index is 13.1. The highest BCUT2D eigenvalue weighted by atomic mass is 16.5. The van der Waals surface area contributed by atoms with Crippen LogP contribution in [0.1, 0.15) is 35.3 Å². The molecular formula is C20H24N2O5. The summed E-state index contributed by atoms with van der Waals surface area (Å²) in [6.07, 6.45) is 3.63. The van der Waals surface area contributed by atoms with Crippen molar-refractivity contribution in [1.29, 1.82) is 0 Å². The highest BCUT2D eigenvalue weighted by Crippen LogP contribution is 2.21. The Morgan fingerprint density at radius 1 is 1.33 bits per heavy atom. The van der Waals surface area contributed by atoms with Gasteiger partial charge in [0.2, 0.25) is 0 Å². The summed E-state index contributed by atoms with van der Waals surface area (Å²) >= 11 is 0. The molecule has 0 aliphatic carbocycles. The minimum absolute atomic E-state index is 0.00209. The van der Waals surface area contributed by atoms with E-state index in [1.165, 1.54) is 7.11 Å². The number of esters is 1. The topological polar surface area (TPSA) is 81.9 Å². The van der Waals surface area contributed by atoms with Gasteiger partial charge in [-0.05, 0) is 44.0 Å². The van der Waals surface area contributed by atoms with Crippen LogP contribution in [-0.4, -0.2) is 54.7 Å². The molecule has 3 rings (SSSR count). The number of carbonyl (C=O) groups excluding carboxylic acids is 2. The maximum Gasteiger partial charge on any atom is 0.307 e. The number of aryl methyl sites for hydroxylation is 1. The average molecular weight is 372 g/mol. The van der Waals surface area contributed by atoms with Crippen molar-refractivity contribution in [2.24, 2.45) is 0 Å². The van der Waals surface area contributed by atoms with E-state index in [0.29, 0.717) is 35.9 Å². The van der Waals surface area contributed by atoms with Gasteiger partial charge in [0.15, 0.2) is 5.76 Å². The minimum atomic E-state index is -0.344. The molecule has 1 fully saturated rings. The van der Waals surface area contributed by atoms with Crippen LogP contribution in [0.15, 0.2) is 34.9 Å². The lowest BCUT2D eigenvalue weighted by molar-refractivity contribution is -0.140. The van der Waals surface area contributed by atoms with E-state index in [4.69, 9.17) is 13.9 Å². The summed E-state index contributed by atoms with van der Waals surface area (Å²) in [4.78, 5) is 30.8. The number of aromatic nitrogens is 1. The van der Waals surface area contributed by atoms with Gasteiger partial charge in [-0.25, -0.2) is 4.98 Å². The Kier molecular flexibility index (Phi) is 6.24. The second-order valence-corrected chi connectivity index (χ2v) is 6.52. The van der Waals surface area contributed by atoms with Gasteiger partial charge in [0, 0.05) is 19.7 Å². The molecule has 0 aromatic carbocycles. The van der Waals surface area contributed by atoms with Crippen molar-refractivity contribution in [3.8, 4) is 11.5 Å². The standard InChI is InChI=1S/C20H24N2O5/c1-14-16(7-8-17(21-14)18-6-4-12-27-18)20(24)22(10-9-19(23)25-2)13-15-5-3-11-26-15/h4,6-8,12,15H,3,5,9-11,13H2,1-2H3. The number of hydrogen-bond donors (Lipinski definition) is 0. The lowest BCUT2D eigenvalue weighted by atomic mass is 10.1. The van der Waals surface area contributed by atoms with Gasteiger partial charge in [-0.2, -0.15) is 0 Å². The van der Waals surface area contributed by atoms with Crippen molar-refractivity contribution in [2.45, 2.75) is 32.3 Å². The Labute approximate surface area is 158 Å². The molecule has 0 radical (unpaired) electrons. The molecular weight excluding hydrogens is 348 g/mol. The highest BCUT2D eigenvalue weighted by molar-refractivity contribution is 5.95. The summed E-state index contributed by atoms with van der Waals surface area (Å²) in [7, 11) is 1.34. The first-order chi connectivity index (χ1) is 13.1. The molecule has 144 valence electrons. The molecule has 7 heteroatoms. The fraction of sp³-hybridized carbons (Fsp3) is 0.450. The van der Waals surface area contributed by atoms with E-state index in [1.807, 2.05) is 6.07 Å². The molecule has 1 atom stereocenters. The Bertz CT molecular complexity index is 782. The third-order valence-electron chi connectivity index (χ3n) is 4.64. The first-order valence-corrected chi connectivity index (χ1v) is 9.07. The molecule has 0 N–H and O–H groups in total. The summed E-state index contributed by atoms with van der Waals surface area (Å²) in [5, 5.41) is 0. The molecule has 1 aliphatic rings. The van der Waals surface area contributed by atoms with Crippen LogP contribution in [0.2, 0.25) is 0 Å². The fourth-order valence-corrected chi connectivity index (χ4v) is 3.16. The third-order valence-corrected chi connectivity index (χ3v) is 4.64. The average Bonchev–Trinajstić information content (AvgIpc) is 3.38. The molecule has 7 nitrogen and oxygen atoms in total. The SMILES string of the molecule is COC(=O)CCN(CC1CCCO1)C(=O)c1ccc(-c2ccco2)nc1C. The van der Waals surface area contributed by atoms with E-state index < -0.39 is 0 Å². The van der Waals surface area contributed by atoms with E-state index in [0.717, 1.165) is 12.8 Å². The van der Waals surface area contributed by atoms with Crippen LogP contribution in [0.4, 0.5) is 0 Å². The number of methoxy groups -OCH3 is 1. The minimum Gasteiger partial charge on any atom is -0.469 e. The second kappa shape index (κ2) is 8.81. The number of hydrogen-bond acceptors (Lipinski definition) is 6. The van der Waals surface area contributed by atoms with Crippen LogP contribution in [0.3, 0.4) is 0 Å². The predicted octanol–water partition coefficient (Wildman–Crippen LogP) is 2.83. The number of pyridine rings is 1. The number of rotatable bonds is 7. The number of ether oxygens (including phenoxy) is 2. The monoisotopic (exact) mass is 372 g/mol. The zero-order chi connectivity index (χ0) is 19.2. The Hall–Kier alpha value is -2.67. The van der Waals surface area contributed by atoms with Gasteiger partial charge in [0.05, 0.1) is 37.2 Å². The largest absolute Gasteiger partial charge is 0.469 e. The maximum absolute atomic E-state index is 13.1. The van der Waals surface area contributed by atoms with Gasteiger partial charge >= 0.3 is 5.97 Å². The van der Waals surface area contributed by atoms with E-state index in [2.05, 4.69) is 4.98 Å². The van der Waals surface area contributed by atoms with Crippen LogP contribution in [-0.2, 0) is 14.3 Å². The molecule has 27 heavy (non-hydrogen) atoms. The smallest absolute Gasteiger partial charge is 0.307 e. The van der Waals surface area contributed by atoms with Gasteiger partial charge in [-0.15, -0.1) is 0 Å². The highest BCUT2D eigenvalue weighted by Gasteiger charge is 2.25. The number of amides is 1. The van der Waals surface area contributed by atoms with Crippen LogP contribution >= 0.6 is 0 Å². The first-order valence-electron chi connectivity index (χ1n) is 9.07. The molecule has 0 bridgehead atoms. The van der Waals surface area contributed by atoms with Gasteiger partial charge in [-0.3, -0.25) is 9.59 Å². The lowest BCUT2D eigenvalue weighted by Gasteiger charge is -2.25. The third kappa shape index (κ3) is 4.74. The molecule has 0 spiro atoms. The second-order valence-electron chi connectivity index (χ2n) is 6.52. The predicted molar refractivity (Wildman–Crippen MR) is 98.2 cm³/mol. The van der Waals surface area contributed by atoms with E-state index in [9.17, 15) is 9.59 Å². The van der Waals surface area contributed by atoms with Crippen molar-refractivity contribution >= 4 is 11.9 Å². The van der Waals surface area contributed by atoms with Crippen LogP contribution in [0.5, 0.6) is 0 Å². The van der Waals surface area contributed by atoms with Gasteiger partial charge in [-0.1, -0.05) is 0 Å². The molecule has 1 unspecified atom stereocenters. The Morgan fingerprint density at radius 2 is 2.19 bits per heavy atom. The summed E-state index contributed by atoms with van der Waals surface area (Å²) < 4.78 is 15.7. The zero-order valence-electron chi connectivity index (χ0n) is 15.6. The summed E-state index contributed by atoms with van der Waals surface area (Å²) in [6, 6.07) is 7.14. The molecule has 2 aromatic heterocycles. The van der Waals surface area contributed by atoms with Crippen molar-refractivity contribution in [3.05, 3.63) is 41.8 Å². The Morgan fingerprint density at radius 3 is 2.81 bits per heavy atom. The fourth-order valence-electron chi connectivity index (χ4n) is 3.16. The molecule has 1 saturated heterocycles. The van der Waals surface area contributed by atoms with E-state index in [1.54, 1.807) is 36.3 Å². The van der Waals surface area contributed by atoms with E-state index >= 15 is 0 Å². The number of nitrogens with zero attached hydrogens (tertiary/aromatic N) is 2.